The van der Waals surface area contributed by atoms with E-state index in [1.165, 1.54) is 11.1 Å². The van der Waals surface area contributed by atoms with Crippen molar-refractivity contribution >= 4 is 16.5 Å². The number of benzene rings is 1. The molecule has 0 unspecified atom stereocenters. The van der Waals surface area contributed by atoms with Crippen molar-refractivity contribution in [2.24, 2.45) is 0 Å². The molecule has 0 aromatic heterocycles. The van der Waals surface area contributed by atoms with E-state index in [4.69, 9.17) is 9.16 Å². The summed E-state index contributed by atoms with van der Waals surface area (Å²) in [6, 6.07) is 3.98. The second-order valence-corrected chi connectivity index (χ2v) is 4.80. The van der Waals surface area contributed by atoms with Crippen LogP contribution < -0.4 is 4.43 Å². The summed E-state index contributed by atoms with van der Waals surface area (Å²) in [4.78, 5) is 11.2. The second-order valence-electron chi connectivity index (χ2n) is 4.59. The highest BCUT2D eigenvalue weighted by Crippen LogP contribution is 2.24. The monoisotopic (exact) mass is 275 g/mol. The first kappa shape index (κ1) is 15.5. The van der Waals surface area contributed by atoms with Gasteiger partial charge in [-0.05, 0) is 56.4 Å². The van der Waals surface area contributed by atoms with Gasteiger partial charge in [-0.15, -0.1) is 0 Å². The Morgan fingerprint density at radius 2 is 2.00 bits per heavy atom. The number of aryl methyl sites for hydroxylation is 1. The first-order valence-electron chi connectivity index (χ1n) is 6.22. The first-order valence-corrected chi connectivity index (χ1v) is 6.63. The zero-order chi connectivity index (χ0) is 14.4. The second kappa shape index (κ2) is 7.14. The van der Waals surface area contributed by atoms with Crippen LogP contribution in [-0.2, 0) is 16.0 Å². The van der Waals surface area contributed by atoms with Gasteiger partial charge in [-0.25, -0.2) is 4.79 Å². The minimum atomic E-state index is -0.323. The van der Waals surface area contributed by atoms with Crippen molar-refractivity contribution in [2.75, 3.05) is 6.61 Å². The van der Waals surface area contributed by atoms with E-state index in [0.29, 0.717) is 12.2 Å². The molecule has 0 aliphatic rings. The van der Waals surface area contributed by atoms with Crippen molar-refractivity contribution in [1.29, 1.82) is 0 Å². The molecule has 0 N–H and O–H groups in total. The highest BCUT2D eigenvalue weighted by molar-refractivity contribution is 6.00. The van der Waals surface area contributed by atoms with Crippen LogP contribution >= 0.6 is 0 Å². The molecule has 4 heteroatoms. The minimum absolute atomic E-state index is 0.323. The van der Waals surface area contributed by atoms with Gasteiger partial charge in [0.05, 0.1) is 6.61 Å². The fourth-order valence-corrected chi connectivity index (χ4v) is 2.01. The first-order chi connectivity index (χ1) is 8.97. The van der Waals surface area contributed by atoms with Gasteiger partial charge in [-0.2, -0.15) is 0 Å². The van der Waals surface area contributed by atoms with Gasteiger partial charge in [0, 0.05) is 5.57 Å². The van der Waals surface area contributed by atoms with Gasteiger partial charge in [-0.3, -0.25) is 0 Å². The molecule has 0 spiro atoms. The Morgan fingerprint density at radius 3 is 2.58 bits per heavy atom. The van der Waals surface area contributed by atoms with Gasteiger partial charge < -0.3 is 9.16 Å². The molecular formula is C15H19O3Si. The van der Waals surface area contributed by atoms with Gasteiger partial charge in [0.15, 0.2) is 0 Å². The molecule has 1 aromatic rings. The maximum Gasteiger partial charge on any atom is 0.341 e. The van der Waals surface area contributed by atoms with Gasteiger partial charge in [0.25, 0.3) is 0 Å². The summed E-state index contributed by atoms with van der Waals surface area (Å²) in [5.41, 5.74) is 4.01. The standard InChI is InChI=1S/C15H19O3Si/c1-10(2)15(16)17-9-5-6-13-7-8-14(18-19)12(4)11(13)3/h7-8H,1,5-6,9H2,2-4H3. The van der Waals surface area contributed by atoms with Crippen molar-refractivity contribution in [2.45, 2.75) is 33.6 Å². The van der Waals surface area contributed by atoms with Crippen LogP contribution in [0.25, 0.3) is 0 Å². The van der Waals surface area contributed by atoms with E-state index in [9.17, 15) is 4.79 Å². The van der Waals surface area contributed by atoms with Gasteiger partial charge >= 0.3 is 16.5 Å². The molecule has 0 heterocycles. The Morgan fingerprint density at radius 1 is 1.32 bits per heavy atom. The number of hydrogen-bond acceptors (Lipinski definition) is 3. The zero-order valence-electron chi connectivity index (χ0n) is 11.7. The van der Waals surface area contributed by atoms with E-state index >= 15 is 0 Å². The van der Waals surface area contributed by atoms with Gasteiger partial charge in [0.1, 0.15) is 5.75 Å². The average Bonchev–Trinajstić information content (AvgIpc) is 2.39. The lowest BCUT2D eigenvalue weighted by Crippen LogP contribution is -2.07. The van der Waals surface area contributed by atoms with Crippen molar-refractivity contribution in [3.63, 3.8) is 0 Å². The molecule has 0 saturated heterocycles. The Labute approximate surface area is 118 Å². The largest absolute Gasteiger partial charge is 0.540 e. The molecule has 0 aliphatic heterocycles. The fourth-order valence-electron chi connectivity index (χ4n) is 1.78. The minimum Gasteiger partial charge on any atom is -0.540 e. The van der Waals surface area contributed by atoms with E-state index in [0.717, 1.165) is 24.2 Å². The normalized spacial score (nSPS) is 10.1. The van der Waals surface area contributed by atoms with E-state index in [2.05, 4.69) is 24.0 Å². The van der Waals surface area contributed by atoms with Crippen LogP contribution in [0.3, 0.4) is 0 Å². The smallest absolute Gasteiger partial charge is 0.341 e. The van der Waals surface area contributed by atoms with Crippen LogP contribution in [-0.4, -0.2) is 23.1 Å². The number of rotatable bonds is 6. The highest BCUT2D eigenvalue weighted by Gasteiger charge is 2.07. The summed E-state index contributed by atoms with van der Waals surface area (Å²) in [6.07, 6.45) is 1.67. The van der Waals surface area contributed by atoms with Crippen molar-refractivity contribution in [3.8, 4) is 5.75 Å². The van der Waals surface area contributed by atoms with Crippen LogP contribution in [0.2, 0.25) is 0 Å². The molecule has 0 saturated carbocycles. The fraction of sp³-hybridized carbons (Fsp3) is 0.400. The molecule has 19 heavy (non-hydrogen) atoms. The summed E-state index contributed by atoms with van der Waals surface area (Å²) in [7, 11) is 3.04. The third-order valence-electron chi connectivity index (χ3n) is 3.13. The van der Waals surface area contributed by atoms with Crippen LogP contribution in [0.4, 0.5) is 0 Å². The zero-order valence-corrected chi connectivity index (χ0v) is 12.7. The average molecular weight is 275 g/mol. The lowest BCUT2D eigenvalue weighted by atomic mass is 9.99. The third kappa shape index (κ3) is 4.24. The summed E-state index contributed by atoms with van der Waals surface area (Å²) in [5.74, 6) is 0.502. The summed E-state index contributed by atoms with van der Waals surface area (Å²) in [5, 5.41) is 0. The van der Waals surface area contributed by atoms with Crippen LogP contribution in [0.1, 0.15) is 30.0 Å². The number of hydrogen-bond donors (Lipinski definition) is 0. The predicted octanol–water partition coefficient (Wildman–Crippen LogP) is 2.82. The Balaban J connectivity index is 2.53. The number of ether oxygens (including phenoxy) is 1. The van der Waals surface area contributed by atoms with Gasteiger partial charge in [-0.1, -0.05) is 12.6 Å². The molecular weight excluding hydrogens is 256 g/mol. The van der Waals surface area contributed by atoms with Gasteiger partial charge in [0.2, 0.25) is 0 Å². The summed E-state index contributed by atoms with van der Waals surface area (Å²) in [6.45, 7) is 9.70. The number of esters is 1. The Bertz CT molecular complexity index is 481. The van der Waals surface area contributed by atoms with E-state index < -0.39 is 0 Å². The molecule has 0 fully saturated rings. The third-order valence-corrected chi connectivity index (χ3v) is 3.35. The molecule has 0 amide bonds. The van der Waals surface area contributed by atoms with Crippen molar-refractivity contribution in [3.05, 3.63) is 41.0 Å². The Kier molecular flexibility index (Phi) is 5.82. The SMILES string of the molecule is C=C(C)C(=O)OCCCc1ccc(O[Si])c(C)c1C. The molecule has 0 atom stereocenters. The molecule has 0 aliphatic carbocycles. The van der Waals surface area contributed by atoms with Crippen LogP contribution in [0.15, 0.2) is 24.3 Å². The molecule has 3 nitrogen and oxygen atoms in total. The molecule has 1 rings (SSSR count). The highest BCUT2D eigenvalue weighted by atomic mass is 28.2. The lowest BCUT2D eigenvalue weighted by Gasteiger charge is -2.12. The van der Waals surface area contributed by atoms with E-state index in [1.807, 2.05) is 19.1 Å². The summed E-state index contributed by atoms with van der Waals surface area (Å²) < 4.78 is 10.2. The van der Waals surface area contributed by atoms with Crippen LogP contribution in [0, 0.1) is 13.8 Å². The van der Waals surface area contributed by atoms with Crippen molar-refractivity contribution in [1.82, 2.24) is 0 Å². The topological polar surface area (TPSA) is 35.5 Å². The predicted molar refractivity (Wildman–Crippen MR) is 76.4 cm³/mol. The molecule has 0 bridgehead atoms. The Hall–Kier alpha value is -1.55. The molecule has 101 valence electrons. The maximum absolute atomic E-state index is 11.2. The van der Waals surface area contributed by atoms with E-state index in [-0.39, 0.29) is 5.97 Å². The van der Waals surface area contributed by atoms with E-state index in [1.54, 1.807) is 6.92 Å². The van der Waals surface area contributed by atoms with Crippen LogP contribution in [0.5, 0.6) is 5.75 Å². The van der Waals surface area contributed by atoms with Crippen molar-refractivity contribution < 1.29 is 14.0 Å². The number of carbonyl (C=O) groups is 1. The molecule has 3 radical (unpaired) electrons. The maximum atomic E-state index is 11.2. The summed E-state index contributed by atoms with van der Waals surface area (Å²) >= 11 is 0. The number of carbonyl (C=O) groups excluding carboxylic acids is 1. The molecule has 1 aromatic carbocycles. The lowest BCUT2D eigenvalue weighted by molar-refractivity contribution is -0.139. The quantitative estimate of drug-likeness (QED) is 0.346.